The van der Waals surface area contributed by atoms with Crippen molar-refractivity contribution < 1.29 is 19.1 Å². The zero-order valence-electron chi connectivity index (χ0n) is 14.0. The number of rotatable bonds is 5. The van der Waals surface area contributed by atoms with Gasteiger partial charge in [-0.1, -0.05) is 17.7 Å². The molecule has 0 aliphatic carbocycles. The lowest BCUT2D eigenvalue weighted by Crippen LogP contribution is -2.18. The van der Waals surface area contributed by atoms with E-state index in [4.69, 9.17) is 21.1 Å². The third-order valence-electron chi connectivity index (χ3n) is 3.19. The molecule has 0 spiro atoms. The molecule has 2 aromatic rings. The van der Waals surface area contributed by atoms with Crippen LogP contribution in [0.5, 0.6) is 11.5 Å². The van der Waals surface area contributed by atoms with Gasteiger partial charge in [-0.2, -0.15) is 5.10 Å². The van der Waals surface area contributed by atoms with Crippen molar-refractivity contribution in [1.82, 2.24) is 5.43 Å². The van der Waals surface area contributed by atoms with E-state index in [2.05, 4.69) is 10.5 Å². The smallest absolute Gasteiger partial charge is 0.308 e. The number of hydrogen-bond acceptors (Lipinski definition) is 5. The normalized spacial score (nSPS) is 10.6. The fraction of sp³-hybridized carbons (Fsp3) is 0.167. The van der Waals surface area contributed by atoms with Gasteiger partial charge in [0.15, 0.2) is 11.5 Å². The van der Waals surface area contributed by atoms with Crippen LogP contribution in [0.3, 0.4) is 0 Å². The first kappa shape index (κ1) is 18.5. The van der Waals surface area contributed by atoms with Crippen LogP contribution in [0.1, 0.15) is 28.4 Å². The van der Waals surface area contributed by atoms with E-state index in [1.165, 1.54) is 20.2 Å². The second-order valence-electron chi connectivity index (χ2n) is 5.19. The van der Waals surface area contributed by atoms with Gasteiger partial charge in [0.2, 0.25) is 0 Å². The summed E-state index contributed by atoms with van der Waals surface area (Å²) in [6, 6.07) is 10.0. The SMILES string of the molecule is COc1cc(C=NNC(=O)c2ccc(C)cc2Cl)ccc1OC(C)=O. The fourth-order valence-corrected chi connectivity index (χ4v) is 2.35. The van der Waals surface area contributed by atoms with Gasteiger partial charge in [0.25, 0.3) is 5.91 Å². The minimum Gasteiger partial charge on any atom is -0.493 e. The van der Waals surface area contributed by atoms with E-state index in [1.54, 1.807) is 36.4 Å². The molecule has 0 fully saturated rings. The van der Waals surface area contributed by atoms with E-state index in [9.17, 15) is 9.59 Å². The molecule has 0 aromatic heterocycles. The van der Waals surface area contributed by atoms with Crippen molar-refractivity contribution >= 4 is 29.7 Å². The van der Waals surface area contributed by atoms with E-state index in [-0.39, 0.29) is 0 Å². The van der Waals surface area contributed by atoms with Gasteiger partial charge in [-0.25, -0.2) is 5.43 Å². The molecule has 0 saturated heterocycles. The third kappa shape index (κ3) is 5.06. The monoisotopic (exact) mass is 360 g/mol. The molecule has 1 N–H and O–H groups in total. The van der Waals surface area contributed by atoms with Gasteiger partial charge < -0.3 is 9.47 Å². The van der Waals surface area contributed by atoms with Crippen LogP contribution in [0.15, 0.2) is 41.5 Å². The average molecular weight is 361 g/mol. The van der Waals surface area contributed by atoms with E-state index in [0.717, 1.165) is 5.56 Å². The number of hydrogen-bond donors (Lipinski definition) is 1. The molecule has 0 aliphatic rings. The van der Waals surface area contributed by atoms with Crippen LogP contribution in [-0.4, -0.2) is 25.2 Å². The topological polar surface area (TPSA) is 77.0 Å². The number of ether oxygens (including phenoxy) is 2. The van der Waals surface area contributed by atoms with Crippen LogP contribution in [0.2, 0.25) is 5.02 Å². The molecule has 2 rings (SSSR count). The predicted octanol–water partition coefficient (Wildman–Crippen LogP) is 3.35. The number of benzene rings is 2. The largest absolute Gasteiger partial charge is 0.493 e. The van der Waals surface area contributed by atoms with Crippen LogP contribution < -0.4 is 14.9 Å². The maximum absolute atomic E-state index is 12.1. The summed E-state index contributed by atoms with van der Waals surface area (Å²) in [6.45, 7) is 3.19. The first-order chi connectivity index (χ1) is 11.9. The van der Waals surface area contributed by atoms with Gasteiger partial charge in [0.05, 0.1) is 23.9 Å². The van der Waals surface area contributed by atoms with Crippen LogP contribution in [0.25, 0.3) is 0 Å². The van der Waals surface area contributed by atoms with E-state index >= 15 is 0 Å². The van der Waals surface area contributed by atoms with Crippen LogP contribution >= 0.6 is 11.6 Å². The van der Waals surface area contributed by atoms with E-state index in [0.29, 0.717) is 27.6 Å². The molecule has 130 valence electrons. The van der Waals surface area contributed by atoms with Crippen LogP contribution in [0, 0.1) is 6.92 Å². The summed E-state index contributed by atoms with van der Waals surface area (Å²) in [5.41, 5.74) is 4.37. The Balaban J connectivity index is 2.08. The Morgan fingerprint density at radius 3 is 2.56 bits per heavy atom. The quantitative estimate of drug-likeness (QED) is 0.384. The van der Waals surface area contributed by atoms with Gasteiger partial charge in [0.1, 0.15) is 0 Å². The third-order valence-corrected chi connectivity index (χ3v) is 3.50. The first-order valence-corrected chi connectivity index (χ1v) is 7.74. The van der Waals surface area contributed by atoms with Crippen molar-refractivity contribution in [3.63, 3.8) is 0 Å². The number of aryl methyl sites for hydroxylation is 1. The van der Waals surface area contributed by atoms with Gasteiger partial charge in [-0.15, -0.1) is 0 Å². The fourth-order valence-electron chi connectivity index (χ4n) is 2.03. The zero-order valence-corrected chi connectivity index (χ0v) is 14.8. The number of nitrogens with zero attached hydrogens (tertiary/aromatic N) is 1. The number of nitrogens with one attached hydrogen (secondary N) is 1. The second kappa shape index (κ2) is 8.30. The van der Waals surface area contributed by atoms with Crippen molar-refractivity contribution in [3.8, 4) is 11.5 Å². The zero-order chi connectivity index (χ0) is 18.4. The summed E-state index contributed by atoms with van der Waals surface area (Å²) < 4.78 is 10.2. The van der Waals surface area contributed by atoms with Crippen molar-refractivity contribution in [2.45, 2.75) is 13.8 Å². The van der Waals surface area contributed by atoms with Gasteiger partial charge in [-0.05, 0) is 48.4 Å². The summed E-state index contributed by atoms with van der Waals surface area (Å²) in [4.78, 5) is 23.1. The lowest BCUT2D eigenvalue weighted by atomic mass is 10.1. The molecule has 0 heterocycles. The number of methoxy groups -OCH3 is 1. The predicted molar refractivity (Wildman–Crippen MR) is 95.6 cm³/mol. The van der Waals surface area contributed by atoms with Gasteiger partial charge >= 0.3 is 5.97 Å². The Morgan fingerprint density at radius 1 is 1.16 bits per heavy atom. The summed E-state index contributed by atoms with van der Waals surface area (Å²) in [7, 11) is 1.46. The highest BCUT2D eigenvalue weighted by atomic mass is 35.5. The van der Waals surface area contributed by atoms with E-state index < -0.39 is 11.9 Å². The van der Waals surface area contributed by atoms with Gasteiger partial charge in [0, 0.05) is 6.92 Å². The van der Waals surface area contributed by atoms with Crippen molar-refractivity contribution in [1.29, 1.82) is 0 Å². The van der Waals surface area contributed by atoms with Crippen molar-refractivity contribution in [2.75, 3.05) is 7.11 Å². The molecule has 1 amide bonds. The Morgan fingerprint density at radius 2 is 1.92 bits per heavy atom. The number of esters is 1. The maximum Gasteiger partial charge on any atom is 0.308 e. The number of carbonyl (C=O) groups excluding carboxylic acids is 2. The minimum atomic E-state index is -0.443. The Kier molecular flexibility index (Phi) is 6.14. The summed E-state index contributed by atoms with van der Waals surface area (Å²) in [5, 5.41) is 4.26. The van der Waals surface area contributed by atoms with E-state index in [1.807, 2.05) is 6.92 Å². The van der Waals surface area contributed by atoms with Crippen LogP contribution in [-0.2, 0) is 4.79 Å². The molecular formula is C18H17ClN2O4. The Labute approximate surface area is 150 Å². The molecule has 2 aromatic carbocycles. The summed E-state index contributed by atoms with van der Waals surface area (Å²) in [5.74, 6) is -0.165. The van der Waals surface area contributed by atoms with Crippen molar-refractivity contribution in [2.24, 2.45) is 5.10 Å². The lowest BCUT2D eigenvalue weighted by Gasteiger charge is -2.08. The number of carbonyl (C=O) groups is 2. The highest BCUT2D eigenvalue weighted by Gasteiger charge is 2.10. The lowest BCUT2D eigenvalue weighted by molar-refractivity contribution is -0.132. The number of hydrazone groups is 1. The molecule has 0 radical (unpaired) electrons. The molecule has 0 atom stereocenters. The molecule has 0 unspecified atom stereocenters. The Hall–Kier alpha value is -2.86. The second-order valence-corrected chi connectivity index (χ2v) is 5.59. The highest BCUT2D eigenvalue weighted by Crippen LogP contribution is 2.27. The molecule has 0 bridgehead atoms. The molecule has 0 saturated carbocycles. The first-order valence-electron chi connectivity index (χ1n) is 7.36. The molecule has 6 nitrogen and oxygen atoms in total. The minimum absolute atomic E-state index is 0.308. The molecule has 0 aliphatic heterocycles. The average Bonchev–Trinajstić information content (AvgIpc) is 2.55. The number of amides is 1. The summed E-state index contributed by atoms with van der Waals surface area (Å²) >= 11 is 6.05. The molecular weight excluding hydrogens is 344 g/mol. The van der Waals surface area contributed by atoms with Crippen molar-refractivity contribution in [3.05, 3.63) is 58.1 Å². The number of halogens is 1. The molecule has 25 heavy (non-hydrogen) atoms. The van der Waals surface area contributed by atoms with Gasteiger partial charge in [-0.3, -0.25) is 9.59 Å². The molecule has 7 heteroatoms. The highest BCUT2D eigenvalue weighted by molar-refractivity contribution is 6.33. The standard InChI is InChI=1S/C18H17ClN2O4/c1-11-4-6-14(15(19)8-11)18(23)21-20-10-13-5-7-16(25-12(2)22)17(9-13)24-3/h4-10H,1-3H3,(H,21,23). The summed E-state index contributed by atoms with van der Waals surface area (Å²) in [6.07, 6.45) is 1.44. The van der Waals surface area contributed by atoms with Crippen LogP contribution in [0.4, 0.5) is 0 Å². The maximum atomic E-state index is 12.1. The Bertz CT molecular complexity index is 834.